The van der Waals surface area contributed by atoms with Gasteiger partial charge in [0.2, 0.25) is 0 Å². The minimum Gasteiger partial charge on any atom is -0.396 e. The third-order valence-electron chi connectivity index (χ3n) is 2.24. The number of benzene rings is 1. The number of aliphatic hydroxyl groups excluding tert-OH is 1. The molecule has 0 amide bonds. The van der Waals surface area contributed by atoms with Crippen molar-refractivity contribution in [2.45, 2.75) is 48.0 Å². The lowest BCUT2D eigenvalue weighted by molar-refractivity contribution is 0.274. The zero-order chi connectivity index (χ0) is 8.81. The van der Waals surface area contributed by atoms with Crippen molar-refractivity contribution in [1.29, 1.82) is 0 Å². The fourth-order valence-corrected chi connectivity index (χ4v) is 1.49. The molecule has 1 N–H and O–H groups in total. The molecule has 0 spiro atoms. The van der Waals surface area contributed by atoms with Crippen molar-refractivity contribution >= 4 is 0 Å². The van der Waals surface area contributed by atoms with Gasteiger partial charge in [0, 0.05) is 6.61 Å². The van der Waals surface area contributed by atoms with Crippen molar-refractivity contribution in [2.24, 2.45) is 0 Å². The van der Waals surface area contributed by atoms with E-state index in [9.17, 15) is 0 Å². The highest BCUT2D eigenvalue weighted by atomic mass is 16.3. The van der Waals surface area contributed by atoms with Crippen LogP contribution >= 0.6 is 0 Å². The number of hydrogen-bond acceptors (Lipinski definition) is 1. The largest absolute Gasteiger partial charge is 0.396 e. The number of rotatable bonds is 4. The molecular weight excluding hydrogens is 184 g/mol. The predicted molar refractivity (Wildman–Crippen MR) is 71.4 cm³/mol. The summed E-state index contributed by atoms with van der Waals surface area (Å²) >= 11 is 0. The lowest BCUT2D eigenvalue weighted by Gasteiger charge is -2.12. The fraction of sp³-hybridized carbons (Fsp3) is 0.571. The standard InChI is InChI=1S/C11H16O.3CH4/c1-2-10(8-9-12)11-6-4-3-5-7-11;;;/h3-7,10,12H,2,8-9H2,1H3;3*1H4. The Morgan fingerprint density at radius 1 is 1.07 bits per heavy atom. The maximum absolute atomic E-state index is 8.83. The van der Waals surface area contributed by atoms with E-state index in [-0.39, 0.29) is 28.9 Å². The van der Waals surface area contributed by atoms with Crippen LogP contribution in [0.3, 0.4) is 0 Å². The van der Waals surface area contributed by atoms with Crippen molar-refractivity contribution in [3.63, 3.8) is 0 Å². The van der Waals surface area contributed by atoms with Gasteiger partial charge in [0.25, 0.3) is 0 Å². The van der Waals surface area contributed by atoms with Crippen molar-refractivity contribution in [1.82, 2.24) is 0 Å². The van der Waals surface area contributed by atoms with E-state index in [1.807, 2.05) is 6.07 Å². The Morgan fingerprint density at radius 2 is 1.60 bits per heavy atom. The summed E-state index contributed by atoms with van der Waals surface area (Å²) in [6.07, 6.45) is 1.98. The van der Waals surface area contributed by atoms with Crippen LogP contribution in [0.15, 0.2) is 30.3 Å². The quantitative estimate of drug-likeness (QED) is 0.780. The molecule has 1 nitrogen and oxygen atoms in total. The molecule has 0 saturated heterocycles. The van der Waals surface area contributed by atoms with E-state index in [4.69, 9.17) is 5.11 Å². The Kier molecular flexibility index (Phi) is 14.8. The molecule has 0 radical (unpaired) electrons. The molecule has 0 aliphatic heterocycles. The average molecular weight is 212 g/mol. The maximum atomic E-state index is 8.83. The van der Waals surface area contributed by atoms with Gasteiger partial charge >= 0.3 is 0 Å². The molecule has 1 aromatic rings. The molecule has 0 aromatic heterocycles. The summed E-state index contributed by atoms with van der Waals surface area (Å²) in [6, 6.07) is 10.4. The molecule has 0 bridgehead atoms. The highest BCUT2D eigenvalue weighted by Crippen LogP contribution is 2.21. The third kappa shape index (κ3) is 6.29. The van der Waals surface area contributed by atoms with Crippen LogP contribution in [0.2, 0.25) is 0 Å². The Balaban J connectivity index is -0.000000480. The van der Waals surface area contributed by atoms with Crippen molar-refractivity contribution in [3.8, 4) is 0 Å². The summed E-state index contributed by atoms with van der Waals surface area (Å²) in [4.78, 5) is 0. The number of hydrogen-bond donors (Lipinski definition) is 1. The molecule has 0 heterocycles. The van der Waals surface area contributed by atoms with Gasteiger partial charge < -0.3 is 5.11 Å². The van der Waals surface area contributed by atoms with Crippen LogP contribution in [0.1, 0.15) is 53.5 Å². The Hall–Kier alpha value is -0.820. The van der Waals surface area contributed by atoms with E-state index < -0.39 is 0 Å². The van der Waals surface area contributed by atoms with Gasteiger partial charge in [0.15, 0.2) is 0 Å². The van der Waals surface area contributed by atoms with E-state index >= 15 is 0 Å². The summed E-state index contributed by atoms with van der Waals surface area (Å²) in [7, 11) is 0. The minimum atomic E-state index is 0. The van der Waals surface area contributed by atoms with Gasteiger partial charge in [-0.1, -0.05) is 59.5 Å². The molecule has 1 rings (SSSR count). The summed E-state index contributed by atoms with van der Waals surface area (Å²) in [5, 5.41) is 8.83. The Bertz CT molecular complexity index is 206. The first-order chi connectivity index (χ1) is 5.88. The van der Waals surface area contributed by atoms with E-state index in [1.165, 1.54) is 5.56 Å². The fourth-order valence-electron chi connectivity index (χ4n) is 1.49. The molecular formula is C14H28O. The van der Waals surface area contributed by atoms with Crippen LogP contribution < -0.4 is 0 Å². The predicted octanol–water partition coefficient (Wildman–Crippen LogP) is 4.47. The summed E-state index contributed by atoms with van der Waals surface area (Å²) < 4.78 is 0. The van der Waals surface area contributed by atoms with E-state index in [2.05, 4.69) is 31.2 Å². The average Bonchev–Trinajstić information content (AvgIpc) is 2.15. The van der Waals surface area contributed by atoms with Crippen LogP contribution in [-0.2, 0) is 0 Å². The van der Waals surface area contributed by atoms with Crippen molar-refractivity contribution < 1.29 is 5.11 Å². The van der Waals surface area contributed by atoms with E-state index in [0.29, 0.717) is 5.92 Å². The van der Waals surface area contributed by atoms with Gasteiger partial charge in [-0.05, 0) is 24.3 Å². The number of aliphatic hydroxyl groups is 1. The molecule has 0 aliphatic carbocycles. The smallest absolute Gasteiger partial charge is 0.0436 e. The Morgan fingerprint density at radius 3 is 2.00 bits per heavy atom. The highest BCUT2D eigenvalue weighted by Gasteiger charge is 2.06. The summed E-state index contributed by atoms with van der Waals surface area (Å²) in [5.41, 5.74) is 1.34. The summed E-state index contributed by atoms with van der Waals surface area (Å²) in [5.74, 6) is 0.524. The molecule has 15 heavy (non-hydrogen) atoms. The third-order valence-corrected chi connectivity index (χ3v) is 2.24. The molecule has 0 fully saturated rings. The van der Waals surface area contributed by atoms with Crippen molar-refractivity contribution in [3.05, 3.63) is 35.9 Å². The van der Waals surface area contributed by atoms with Crippen LogP contribution in [-0.4, -0.2) is 11.7 Å². The minimum absolute atomic E-state index is 0. The molecule has 1 unspecified atom stereocenters. The second-order valence-corrected chi connectivity index (χ2v) is 3.03. The zero-order valence-corrected chi connectivity index (χ0v) is 7.53. The van der Waals surface area contributed by atoms with E-state index in [0.717, 1.165) is 12.8 Å². The van der Waals surface area contributed by atoms with Gasteiger partial charge in [-0.3, -0.25) is 0 Å². The van der Waals surface area contributed by atoms with E-state index in [1.54, 1.807) is 0 Å². The van der Waals surface area contributed by atoms with Gasteiger partial charge in [0.05, 0.1) is 0 Å². The highest BCUT2D eigenvalue weighted by molar-refractivity contribution is 5.19. The first-order valence-electron chi connectivity index (χ1n) is 4.54. The zero-order valence-electron chi connectivity index (χ0n) is 7.53. The first-order valence-corrected chi connectivity index (χ1v) is 4.54. The topological polar surface area (TPSA) is 20.2 Å². The van der Waals surface area contributed by atoms with Crippen molar-refractivity contribution in [2.75, 3.05) is 6.61 Å². The lowest BCUT2D eigenvalue weighted by atomic mass is 9.94. The first kappa shape index (κ1) is 19.7. The van der Waals surface area contributed by atoms with Gasteiger partial charge in [-0.2, -0.15) is 0 Å². The van der Waals surface area contributed by atoms with Crippen LogP contribution in [0.4, 0.5) is 0 Å². The second-order valence-electron chi connectivity index (χ2n) is 3.03. The van der Waals surface area contributed by atoms with Gasteiger partial charge in [0.1, 0.15) is 0 Å². The second kappa shape index (κ2) is 11.3. The van der Waals surface area contributed by atoms with Crippen LogP contribution in [0.25, 0.3) is 0 Å². The lowest BCUT2D eigenvalue weighted by Crippen LogP contribution is -1.99. The molecule has 1 aromatic carbocycles. The van der Waals surface area contributed by atoms with Crippen LogP contribution in [0.5, 0.6) is 0 Å². The summed E-state index contributed by atoms with van der Waals surface area (Å²) in [6.45, 7) is 2.45. The Labute approximate surface area is 96.2 Å². The van der Waals surface area contributed by atoms with Gasteiger partial charge in [-0.15, -0.1) is 0 Å². The molecule has 0 aliphatic rings. The van der Waals surface area contributed by atoms with Gasteiger partial charge in [-0.25, -0.2) is 0 Å². The SMILES string of the molecule is C.C.C.CCC(CCO)c1ccccc1. The molecule has 0 saturated carbocycles. The monoisotopic (exact) mass is 212 g/mol. The molecule has 90 valence electrons. The maximum Gasteiger partial charge on any atom is 0.0436 e. The molecule has 1 atom stereocenters. The van der Waals surface area contributed by atoms with Crippen LogP contribution in [0, 0.1) is 0 Å². The molecule has 1 heteroatoms. The normalized spacial score (nSPS) is 10.3.